The van der Waals surface area contributed by atoms with Gasteiger partial charge < -0.3 is 10.1 Å². The van der Waals surface area contributed by atoms with Crippen LogP contribution in [0.25, 0.3) is 0 Å². The van der Waals surface area contributed by atoms with E-state index >= 15 is 0 Å². The number of likely N-dealkylation sites (N-methyl/N-ethyl adjacent to an activating group) is 1. The molecule has 0 aliphatic rings. The molecule has 0 aliphatic carbocycles. The smallest absolute Gasteiger partial charge is 0.0845 e. The number of hydrogen-bond acceptors (Lipinski definition) is 3. The van der Waals surface area contributed by atoms with E-state index in [2.05, 4.69) is 44.5 Å². The van der Waals surface area contributed by atoms with E-state index in [0.717, 1.165) is 13.0 Å². The maximum atomic E-state index is 5.94. The average Bonchev–Trinajstić information content (AvgIpc) is 2.66. The highest BCUT2D eigenvalue weighted by atomic mass is 32.1. The maximum absolute atomic E-state index is 5.94. The minimum atomic E-state index is -0.128. The normalized spacial score (nSPS) is 17.1. The molecule has 0 aliphatic heterocycles. The molecule has 0 amide bonds. The molecule has 2 unspecified atom stereocenters. The van der Waals surface area contributed by atoms with Gasteiger partial charge in [-0.2, -0.15) is 0 Å². The molecular weight excluding hydrogens is 218 g/mol. The molecule has 1 aromatic rings. The van der Waals surface area contributed by atoms with Crippen LogP contribution in [0, 0.1) is 6.92 Å². The van der Waals surface area contributed by atoms with E-state index in [4.69, 9.17) is 4.74 Å². The molecule has 0 spiro atoms. The molecular formula is C13H23NOS. The number of ether oxygens (including phenoxy) is 1. The van der Waals surface area contributed by atoms with Crippen LogP contribution >= 0.6 is 11.3 Å². The highest BCUT2D eigenvalue weighted by molar-refractivity contribution is 7.10. The van der Waals surface area contributed by atoms with Gasteiger partial charge in [0.15, 0.2) is 0 Å². The summed E-state index contributed by atoms with van der Waals surface area (Å²) in [6, 6.07) is 2.51. The monoisotopic (exact) mass is 241 g/mol. The molecule has 0 bridgehead atoms. The van der Waals surface area contributed by atoms with Crippen LogP contribution in [-0.2, 0) is 4.74 Å². The van der Waals surface area contributed by atoms with E-state index in [0.29, 0.717) is 0 Å². The fourth-order valence-electron chi connectivity index (χ4n) is 2.16. The van der Waals surface area contributed by atoms with Crippen molar-refractivity contribution in [3.63, 3.8) is 0 Å². The van der Waals surface area contributed by atoms with Gasteiger partial charge in [-0.15, -0.1) is 11.3 Å². The summed E-state index contributed by atoms with van der Waals surface area (Å²) < 4.78 is 5.94. The summed E-state index contributed by atoms with van der Waals surface area (Å²) >= 11 is 1.80. The zero-order valence-corrected chi connectivity index (χ0v) is 11.8. The van der Waals surface area contributed by atoms with Gasteiger partial charge in [0.05, 0.1) is 11.6 Å². The zero-order chi connectivity index (χ0) is 12.2. The van der Waals surface area contributed by atoms with Gasteiger partial charge in [0.25, 0.3) is 0 Å². The Morgan fingerprint density at radius 3 is 2.56 bits per heavy atom. The molecule has 1 N–H and O–H groups in total. The van der Waals surface area contributed by atoms with Crippen LogP contribution in [0.1, 0.15) is 43.7 Å². The van der Waals surface area contributed by atoms with Crippen molar-refractivity contribution in [1.82, 2.24) is 5.32 Å². The topological polar surface area (TPSA) is 21.3 Å². The molecule has 92 valence electrons. The lowest BCUT2D eigenvalue weighted by Crippen LogP contribution is -2.42. The number of thiophene rings is 1. The Bertz CT molecular complexity index is 323. The van der Waals surface area contributed by atoms with Crippen LogP contribution in [0.5, 0.6) is 0 Å². The Kier molecular flexibility index (Phi) is 4.96. The van der Waals surface area contributed by atoms with Gasteiger partial charge in [-0.3, -0.25) is 0 Å². The van der Waals surface area contributed by atoms with Crippen LogP contribution in [0.3, 0.4) is 0 Å². The van der Waals surface area contributed by atoms with E-state index in [1.165, 1.54) is 10.4 Å². The lowest BCUT2D eigenvalue weighted by molar-refractivity contribution is -0.0546. The lowest BCUT2D eigenvalue weighted by Gasteiger charge is -2.36. The summed E-state index contributed by atoms with van der Waals surface area (Å²) in [5.74, 6) is 0. The minimum Gasteiger partial charge on any atom is -0.374 e. The molecule has 0 saturated heterocycles. The third-order valence-corrected chi connectivity index (χ3v) is 4.04. The highest BCUT2D eigenvalue weighted by Gasteiger charge is 2.33. The SMILES string of the molecule is CCOC(C)(CC)C(NC)c1csc(C)c1. The van der Waals surface area contributed by atoms with Crippen molar-refractivity contribution in [2.75, 3.05) is 13.7 Å². The predicted molar refractivity (Wildman–Crippen MR) is 71.2 cm³/mol. The number of nitrogens with one attached hydrogen (secondary N) is 1. The molecule has 1 heterocycles. The lowest BCUT2D eigenvalue weighted by atomic mass is 9.89. The number of rotatable bonds is 6. The van der Waals surface area contributed by atoms with Crippen molar-refractivity contribution < 1.29 is 4.74 Å². The predicted octanol–water partition coefficient (Wildman–Crippen LogP) is 3.52. The van der Waals surface area contributed by atoms with Crippen LogP contribution in [0.4, 0.5) is 0 Å². The number of hydrogen-bond donors (Lipinski definition) is 1. The van der Waals surface area contributed by atoms with Crippen molar-refractivity contribution in [1.29, 1.82) is 0 Å². The average molecular weight is 241 g/mol. The highest BCUT2D eigenvalue weighted by Crippen LogP contribution is 2.33. The fourth-order valence-corrected chi connectivity index (χ4v) is 2.89. The van der Waals surface area contributed by atoms with Crippen LogP contribution in [0.15, 0.2) is 11.4 Å². The van der Waals surface area contributed by atoms with Crippen molar-refractivity contribution in [2.24, 2.45) is 0 Å². The first-order valence-corrected chi connectivity index (χ1v) is 6.81. The molecule has 1 aromatic heterocycles. The first kappa shape index (κ1) is 13.7. The van der Waals surface area contributed by atoms with E-state index < -0.39 is 0 Å². The molecule has 0 saturated carbocycles. The molecule has 1 rings (SSSR count). The van der Waals surface area contributed by atoms with E-state index in [9.17, 15) is 0 Å². The first-order chi connectivity index (χ1) is 7.57. The summed E-state index contributed by atoms with van der Waals surface area (Å²) in [5, 5.41) is 5.62. The summed E-state index contributed by atoms with van der Waals surface area (Å²) in [7, 11) is 2.00. The zero-order valence-electron chi connectivity index (χ0n) is 11.0. The molecule has 0 fully saturated rings. The van der Waals surface area contributed by atoms with Gasteiger partial charge in [0.2, 0.25) is 0 Å². The minimum absolute atomic E-state index is 0.128. The molecule has 0 radical (unpaired) electrons. The van der Waals surface area contributed by atoms with Crippen molar-refractivity contribution >= 4 is 11.3 Å². The van der Waals surface area contributed by atoms with Gasteiger partial charge in [0, 0.05) is 11.5 Å². The van der Waals surface area contributed by atoms with Crippen LogP contribution in [-0.4, -0.2) is 19.3 Å². The Balaban J connectivity index is 2.95. The molecule has 16 heavy (non-hydrogen) atoms. The van der Waals surface area contributed by atoms with E-state index in [1.54, 1.807) is 11.3 Å². The maximum Gasteiger partial charge on any atom is 0.0845 e. The van der Waals surface area contributed by atoms with Gasteiger partial charge >= 0.3 is 0 Å². The summed E-state index contributed by atoms with van der Waals surface area (Å²) in [5.41, 5.74) is 1.21. The van der Waals surface area contributed by atoms with Gasteiger partial charge in [0.1, 0.15) is 0 Å². The largest absolute Gasteiger partial charge is 0.374 e. The number of aryl methyl sites for hydroxylation is 1. The van der Waals surface area contributed by atoms with Crippen molar-refractivity contribution in [2.45, 2.75) is 45.8 Å². The Hall–Kier alpha value is -0.380. The third kappa shape index (κ3) is 2.84. The van der Waals surface area contributed by atoms with E-state index in [1.807, 2.05) is 7.05 Å². The molecule has 0 aromatic carbocycles. The van der Waals surface area contributed by atoms with E-state index in [-0.39, 0.29) is 11.6 Å². The van der Waals surface area contributed by atoms with Gasteiger partial charge in [-0.05, 0) is 51.2 Å². The Labute approximate surface area is 103 Å². The molecule has 3 heteroatoms. The molecule has 2 nitrogen and oxygen atoms in total. The Morgan fingerprint density at radius 2 is 2.19 bits per heavy atom. The standard InChI is InChI=1S/C13H23NOS/c1-6-13(4,15-7-2)12(14-5)11-8-10(3)16-9-11/h8-9,12,14H,6-7H2,1-5H3. The summed E-state index contributed by atoms with van der Waals surface area (Å²) in [6.07, 6.45) is 1.00. The van der Waals surface area contributed by atoms with Crippen molar-refractivity contribution in [3.05, 3.63) is 21.9 Å². The second-order valence-electron chi connectivity index (χ2n) is 4.31. The van der Waals surface area contributed by atoms with Crippen molar-refractivity contribution in [3.8, 4) is 0 Å². The van der Waals surface area contributed by atoms with Gasteiger partial charge in [-0.25, -0.2) is 0 Å². The first-order valence-electron chi connectivity index (χ1n) is 5.93. The fraction of sp³-hybridized carbons (Fsp3) is 0.692. The molecule has 2 atom stereocenters. The summed E-state index contributed by atoms with van der Waals surface area (Å²) in [4.78, 5) is 1.35. The second kappa shape index (κ2) is 5.80. The quantitative estimate of drug-likeness (QED) is 0.822. The van der Waals surface area contributed by atoms with Crippen LogP contribution < -0.4 is 5.32 Å². The Morgan fingerprint density at radius 1 is 1.50 bits per heavy atom. The summed E-state index contributed by atoms with van der Waals surface area (Å²) in [6.45, 7) is 9.32. The second-order valence-corrected chi connectivity index (χ2v) is 5.43. The van der Waals surface area contributed by atoms with Gasteiger partial charge in [-0.1, -0.05) is 6.92 Å². The third-order valence-electron chi connectivity index (χ3n) is 3.16. The van der Waals surface area contributed by atoms with Crippen LogP contribution in [0.2, 0.25) is 0 Å².